The Morgan fingerprint density at radius 1 is 1.33 bits per heavy atom. The van der Waals surface area contributed by atoms with Gasteiger partial charge in [0.2, 0.25) is 0 Å². The Bertz CT molecular complexity index is 595. The summed E-state index contributed by atoms with van der Waals surface area (Å²) in [7, 11) is 0. The Morgan fingerprint density at radius 3 is 2.95 bits per heavy atom. The molecule has 21 heavy (non-hydrogen) atoms. The van der Waals surface area contributed by atoms with E-state index in [1.165, 1.54) is 11.1 Å². The molecule has 1 atom stereocenters. The van der Waals surface area contributed by atoms with Crippen molar-refractivity contribution >= 4 is 0 Å². The van der Waals surface area contributed by atoms with Crippen LogP contribution in [0.3, 0.4) is 0 Å². The summed E-state index contributed by atoms with van der Waals surface area (Å²) in [6.07, 6.45) is 2.02. The number of nitrogens with zero attached hydrogens (tertiary/aromatic N) is 4. The molecule has 1 aromatic carbocycles. The lowest BCUT2D eigenvalue weighted by Gasteiger charge is -2.33. The van der Waals surface area contributed by atoms with E-state index in [-0.39, 0.29) is 6.10 Å². The largest absolute Gasteiger partial charge is 0.371 e. The van der Waals surface area contributed by atoms with Gasteiger partial charge in [0.25, 0.3) is 0 Å². The summed E-state index contributed by atoms with van der Waals surface area (Å²) >= 11 is 0. The lowest BCUT2D eigenvalue weighted by Crippen LogP contribution is -2.38. The Balaban J connectivity index is 1.67. The van der Waals surface area contributed by atoms with Crippen molar-refractivity contribution in [1.29, 1.82) is 0 Å². The van der Waals surface area contributed by atoms with Gasteiger partial charge in [-0.25, -0.2) is 0 Å². The summed E-state index contributed by atoms with van der Waals surface area (Å²) in [6, 6.07) is 8.46. The average Bonchev–Trinajstić information content (AvgIpc) is 2.96. The molecule has 1 fully saturated rings. The maximum absolute atomic E-state index is 5.96. The van der Waals surface area contributed by atoms with E-state index in [2.05, 4.69) is 46.3 Å². The van der Waals surface area contributed by atoms with Crippen molar-refractivity contribution in [3.63, 3.8) is 0 Å². The highest BCUT2D eigenvalue weighted by Gasteiger charge is 2.23. The van der Waals surface area contributed by atoms with Crippen molar-refractivity contribution < 1.29 is 4.74 Å². The highest BCUT2D eigenvalue weighted by Crippen LogP contribution is 2.25. The molecular weight excluding hydrogens is 264 g/mol. The first-order valence-electron chi connectivity index (χ1n) is 7.54. The molecule has 1 saturated heterocycles. The standard InChI is InChI=1S/C16H22N4O/c1-3-20-17-10-14(18-20)11-19-8-9-21-16(12-19)15-7-5-4-6-13(15)2/h4-7,10,16H,3,8-9,11-12H2,1-2H3. The third-order valence-corrected chi connectivity index (χ3v) is 3.94. The number of ether oxygens (including phenoxy) is 1. The fourth-order valence-electron chi connectivity index (χ4n) is 2.77. The van der Waals surface area contributed by atoms with Crippen molar-refractivity contribution in [3.8, 4) is 0 Å². The van der Waals surface area contributed by atoms with Gasteiger partial charge in [0.1, 0.15) is 0 Å². The molecule has 1 aliphatic rings. The Kier molecular flexibility index (Phi) is 4.31. The molecule has 112 valence electrons. The third-order valence-electron chi connectivity index (χ3n) is 3.94. The van der Waals surface area contributed by atoms with Crippen LogP contribution >= 0.6 is 0 Å². The topological polar surface area (TPSA) is 43.2 Å². The summed E-state index contributed by atoms with van der Waals surface area (Å²) in [5.74, 6) is 0. The van der Waals surface area contributed by atoms with Crippen molar-refractivity contribution in [1.82, 2.24) is 19.9 Å². The number of aromatic nitrogens is 3. The minimum absolute atomic E-state index is 0.154. The zero-order chi connectivity index (χ0) is 14.7. The van der Waals surface area contributed by atoms with Crippen molar-refractivity contribution in [2.24, 2.45) is 0 Å². The SMILES string of the molecule is CCn1ncc(CN2CCOC(c3ccccc3C)C2)n1. The quantitative estimate of drug-likeness (QED) is 0.864. The van der Waals surface area contributed by atoms with Crippen molar-refractivity contribution in [2.45, 2.75) is 33.0 Å². The molecule has 0 spiro atoms. The lowest BCUT2D eigenvalue weighted by atomic mass is 10.0. The molecule has 1 aromatic heterocycles. The van der Waals surface area contributed by atoms with Crippen LogP contribution in [-0.4, -0.2) is 39.6 Å². The third kappa shape index (κ3) is 3.31. The highest BCUT2D eigenvalue weighted by molar-refractivity contribution is 5.28. The second-order valence-corrected chi connectivity index (χ2v) is 5.48. The average molecular weight is 286 g/mol. The second-order valence-electron chi connectivity index (χ2n) is 5.48. The van der Waals surface area contributed by atoms with Gasteiger partial charge in [-0.05, 0) is 25.0 Å². The normalized spacial score (nSPS) is 19.8. The minimum Gasteiger partial charge on any atom is -0.371 e. The van der Waals surface area contributed by atoms with Gasteiger partial charge in [0.05, 0.1) is 31.1 Å². The summed E-state index contributed by atoms with van der Waals surface area (Å²) in [5, 5.41) is 8.70. The summed E-state index contributed by atoms with van der Waals surface area (Å²) in [6.45, 7) is 8.46. The van der Waals surface area contributed by atoms with Crippen LogP contribution in [-0.2, 0) is 17.8 Å². The van der Waals surface area contributed by atoms with Gasteiger partial charge >= 0.3 is 0 Å². The molecule has 2 heterocycles. The first kappa shape index (κ1) is 14.2. The molecule has 0 aliphatic carbocycles. The molecule has 0 N–H and O–H groups in total. The van der Waals surface area contributed by atoms with E-state index in [4.69, 9.17) is 4.74 Å². The van der Waals surface area contributed by atoms with E-state index in [1.54, 1.807) is 4.80 Å². The summed E-state index contributed by atoms with van der Waals surface area (Å²) in [5.41, 5.74) is 3.61. The Hall–Kier alpha value is -1.72. The molecule has 5 heteroatoms. The number of benzene rings is 1. The molecule has 3 rings (SSSR count). The van der Waals surface area contributed by atoms with Gasteiger partial charge in [-0.1, -0.05) is 24.3 Å². The highest BCUT2D eigenvalue weighted by atomic mass is 16.5. The number of aryl methyl sites for hydroxylation is 2. The maximum Gasteiger partial charge on any atom is 0.0967 e. The van der Waals surface area contributed by atoms with Gasteiger partial charge in [-0.2, -0.15) is 15.0 Å². The van der Waals surface area contributed by atoms with E-state index in [0.717, 1.165) is 38.5 Å². The molecular formula is C16H22N4O. The number of morpholine rings is 1. The smallest absolute Gasteiger partial charge is 0.0967 e. The number of rotatable bonds is 4. The van der Waals surface area contributed by atoms with Crippen molar-refractivity contribution in [3.05, 3.63) is 47.3 Å². The Morgan fingerprint density at radius 2 is 2.19 bits per heavy atom. The zero-order valence-electron chi connectivity index (χ0n) is 12.7. The maximum atomic E-state index is 5.96. The van der Waals surface area contributed by atoms with Gasteiger partial charge in [-0.15, -0.1) is 0 Å². The van der Waals surface area contributed by atoms with E-state index in [1.807, 2.05) is 13.1 Å². The van der Waals surface area contributed by atoms with Gasteiger partial charge in [-0.3, -0.25) is 4.90 Å². The van der Waals surface area contributed by atoms with Crippen LogP contribution in [0.5, 0.6) is 0 Å². The Labute approximate surface area is 125 Å². The first-order valence-corrected chi connectivity index (χ1v) is 7.54. The van der Waals surface area contributed by atoms with E-state index >= 15 is 0 Å². The predicted molar refractivity (Wildman–Crippen MR) is 80.8 cm³/mol. The molecule has 2 aromatic rings. The number of hydrogen-bond donors (Lipinski definition) is 0. The van der Waals surface area contributed by atoms with Crippen molar-refractivity contribution in [2.75, 3.05) is 19.7 Å². The van der Waals surface area contributed by atoms with Gasteiger partial charge < -0.3 is 4.74 Å². The minimum atomic E-state index is 0.154. The monoisotopic (exact) mass is 286 g/mol. The first-order chi connectivity index (χ1) is 10.3. The summed E-state index contributed by atoms with van der Waals surface area (Å²) in [4.78, 5) is 4.12. The lowest BCUT2D eigenvalue weighted by molar-refractivity contribution is -0.0336. The molecule has 0 radical (unpaired) electrons. The zero-order valence-corrected chi connectivity index (χ0v) is 12.7. The van der Waals surface area contributed by atoms with Gasteiger partial charge in [0, 0.05) is 19.6 Å². The molecule has 1 aliphatic heterocycles. The van der Waals surface area contributed by atoms with Crippen LogP contribution in [0.25, 0.3) is 0 Å². The fourth-order valence-corrected chi connectivity index (χ4v) is 2.77. The van der Waals surface area contributed by atoms with Crippen LogP contribution in [0.1, 0.15) is 29.8 Å². The molecule has 0 amide bonds. The van der Waals surface area contributed by atoms with Gasteiger partial charge in [0.15, 0.2) is 0 Å². The second kappa shape index (κ2) is 6.37. The molecule has 0 bridgehead atoms. The number of hydrogen-bond acceptors (Lipinski definition) is 4. The van der Waals surface area contributed by atoms with Crippen LogP contribution in [0.15, 0.2) is 30.5 Å². The fraction of sp³-hybridized carbons (Fsp3) is 0.500. The van der Waals surface area contributed by atoms with E-state index in [0.29, 0.717) is 0 Å². The molecule has 5 nitrogen and oxygen atoms in total. The van der Waals surface area contributed by atoms with E-state index < -0.39 is 0 Å². The molecule has 0 saturated carbocycles. The van der Waals surface area contributed by atoms with Crippen LogP contribution in [0.2, 0.25) is 0 Å². The molecule has 1 unspecified atom stereocenters. The van der Waals surface area contributed by atoms with Crippen LogP contribution in [0, 0.1) is 6.92 Å². The van der Waals surface area contributed by atoms with Crippen LogP contribution < -0.4 is 0 Å². The van der Waals surface area contributed by atoms with Crippen LogP contribution in [0.4, 0.5) is 0 Å². The van der Waals surface area contributed by atoms with E-state index in [9.17, 15) is 0 Å². The predicted octanol–water partition coefficient (Wildman–Crippen LogP) is 2.18. The summed E-state index contributed by atoms with van der Waals surface area (Å²) < 4.78 is 5.96.